The predicted molar refractivity (Wildman–Crippen MR) is 79.0 cm³/mol. The first-order chi connectivity index (χ1) is 8.80. The first kappa shape index (κ1) is 16.0. The van der Waals surface area contributed by atoms with E-state index < -0.39 is 0 Å². The second-order valence-corrected chi connectivity index (χ2v) is 5.78. The molecule has 0 aromatic carbocycles. The number of hydrogen-bond donors (Lipinski definition) is 1. The van der Waals surface area contributed by atoms with Crippen molar-refractivity contribution >= 4 is 0 Å². The van der Waals surface area contributed by atoms with Gasteiger partial charge >= 0.3 is 0 Å². The van der Waals surface area contributed by atoms with E-state index in [0.717, 1.165) is 18.6 Å². The standard InChI is InChI=1S/C16H33NO/c1-4-7-15(8-5-2)17-13-14-9-11-16(12-10-14)18-6-3/h14-17H,4-13H2,1-3H3. The zero-order valence-corrected chi connectivity index (χ0v) is 12.7. The molecule has 0 aromatic rings. The highest BCUT2D eigenvalue weighted by Gasteiger charge is 2.21. The molecule has 0 heterocycles. The minimum Gasteiger partial charge on any atom is -0.379 e. The molecule has 108 valence electrons. The molecule has 1 rings (SSSR count). The summed E-state index contributed by atoms with van der Waals surface area (Å²) in [6.45, 7) is 8.79. The Balaban J connectivity index is 2.15. The monoisotopic (exact) mass is 255 g/mol. The molecule has 1 aliphatic rings. The molecule has 2 heteroatoms. The topological polar surface area (TPSA) is 21.3 Å². The zero-order chi connectivity index (χ0) is 13.2. The lowest BCUT2D eigenvalue weighted by atomic mass is 9.87. The van der Waals surface area contributed by atoms with Gasteiger partial charge in [0.1, 0.15) is 0 Å². The van der Waals surface area contributed by atoms with Gasteiger partial charge in [-0.1, -0.05) is 26.7 Å². The number of hydrogen-bond acceptors (Lipinski definition) is 2. The lowest BCUT2D eigenvalue weighted by Gasteiger charge is -2.30. The van der Waals surface area contributed by atoms with Gasteiger partial charge in [0.2, 0.25) is 0 Å². The molecule has 0 atom stereocenters. The molecule has 0 spiro atoms. The van der Waals surface area contributed by atoms with Gasteiger partial charge in [0.05, 0.1) is 6.10 Å². The molecule has 2 nitrogen and oxygen atoms in total. The van der Waals surface area contributed by atoms with E-state index in [1.165, 1.54) is 57.9 Å². The largest absolute Gasteiger partial charge is 0.379 e. The van der Waals surface area contributed by atoms with Crippen molar-refractivity contribution in [3.8, 4) is 0 Å². The molecule has 0 unspecified atom stereocenters. The van der Waals surface area contributed by atoms with Crippen LogP contribution >= 0.6 is 0 Å². The molecule has 0 radical (unpaired) electrons. The highest BCUT2D eigenvalue weighted by molar-refractivity contribution is 4.76. The fourth-order valence-corrected chi connectivity index (χ4v) is 3.12. The summed E-state index contributed by atoms with van der Waals surface area (Å²) in [4.78, 5) is 0. The van der Waals surface area contributed by atoms with Gasteiger partial charge in [-0.05, 0) is 57.9 Å². The smallest absolute Gasteiger partial charge is 0.0575 e. The van der Waals surface area contributed by atoms with Crippen molar-refractivity contribution in [2.24, 2.45) is 5.92 Å². The van der Waals surface area contributed by atoms with E-state index in [0.29, 0.717) is 6.10 Å². The zero-order valence-electron chi connectivity index (χ0n) is 12.7. The number of ether oxygens (including phenoxy) is 1. The van der Waals surface area contributed by atoms with E-state index in [1.54, 1.807) is 0 Å². The summed E-state index contributed by atoms with van der Waals surface area (Å²) in [5.41, 5.74) is 0. The van der Waals surface area contributed by atoms with E-state index in [9.17, 15) is 0 Å². The van der Waals surface area contributed by atoms with Crippen LogP contribution in [0.3, 0.4) is 0 Å². The minimum atomic E-state index is 0.549. The van der Waals surface area contributed by atoms with Gasteiger partial charge in [0.15, 0.2) is 0 Å². The Morgan fingerprint density at radius 3 is 2.11 bits per heavy atom. The Kier molecular flexibility index (Phi) is 8.70. The Labute approximate surface area is 114 Å². The van der Waals surface area contributed by atoms with E-state index in [-0.39, 0.29) is 0 Å². The van der Waals surface area contributed by atoms with Gasteiger partial charge < -0.3 is 10.1 Å². The van der Waals surface area contributed by atoms with E-state index in [2.05, 4.69) is 26.1 Å². The fourth-order valence-electron chi connectivity index (χ4n) is 3.12. The van der Waals surface area contributed by atoms with Gasteiger partial charge in [0.25, 0.3) is 0 Å². The summed E-state index contributed by atoms with van der Waals surface area (Å²) < 4.78 is 5.71. The van der Waals surface area contributed by atoms with Crippen LogP contribution in [0.4, 0.5) is 0 Å². The van der Waals surface area contributed by atoms with Gasteiger partial charge in [-0.15, -0.1) is 0 Å². The van der Waals surface area contributed by atoms with Crippen molar-refractivity contribution in [2.75, 3.05) is 13.2 Å². The molecule has 1 fully saturated rings. The van der Waals surface area contributed by atoms with Crippen LogP contribution in [0.15, 0.2) is 0 Å². The van der Waals surface area contributed by atoms with Crippen LogP contribution in [0, 0.1) is 5.92 Å². The van der Waals surface area contributed by atoms with Crippen molar-refractivity contribution in [3.05, 3.63) is 0 Å². The van der Waals surface area contributed by atoms with Crippen molar-refractivity contribution in [3.63, 3.8) is 0 Å². The highest BCUT2D eigenvalue weighted by Crippen LogP contribution is 2.26. The van der Waals surface area contributed by atoms with Crippen molar-refractivity contribution in [2.45, 2.75) is 84.3 Å². The van der Waals surface area contributed by atoms with E-state index >= 15 is 0 Å². The molecule has 1 N–H and O–H groups in total. The quantitative estimate of drug-likeness (QED) is 0.668. The predicted octanol–water partition coefficient (Wildman–Crippen LogP) is 4.14. The number of rotatable bonds is 9. The molecule has 1 saturated carbocycles. The van der Waals surface area contributed by atoms with Gasteiger partial charge in [-0.2, -0.15) is 0 Å². The molecule has 0 saturated heterocycles. The Morgan fingerprint density at radius 2 is 1.61 bits per heavy atom. The SMILES string of the molecule is CCCC(CCC)NCC1CCC(OCC)CC1. The minimum absolute atomic E-state index is 0.549. The summed E-state index contributed by atoms with van der Waals surface area (Å²) in [7, 11) is 0. The van der Waals surface area contributed by atoms with Crippen LogP contribution in [0.5, 0.6) is 0 Å². The maximum atomic E-state index is 5.71. The van der Waals surface area contributed by atoms with Crippen LogP contribution in [-0.4, -0.2) is 25.3 Å². The molecule has 0 bridgehead atoms. The Hall–Kier alpha value is -0.0800. The van der Waals surface area contributed by atoms with Crippen LogP contribution in [0.2, 0.25) is 0 Å². The normalized spacial score (nSPS) is 24.7. The lowest BCUT2D eigenvalue weighted by molar-refractivity contribution is 0.0254. The average Bonchev–Trinajstić information content (AvgIpc) is 2.38. The summed E-state index contributed by atoms with van der Waals surface area (Å²) in [5.74, 6) is 0.887. The van der Waals surface area contributed by atoms with E-state index in [1.807, 2.05) is 0 Å². The maximum absolute atomic E-state index is 5.71. The van der Waals surface area contributed by atoms with Crippen molar-refractivity contribution < 1.29 is 4.74 Å². The third-order valence-corrected chi connectivity index (χ3v) is 4.17. The van der Waals surface area contributed by atoms with Crippen LogP contribution < -0.4 is 5.32 Å². The lowest BCUT2D eigenvalue weighted by Crippen LogP contribution is -2.35. The summed E-state index contributed by atoms with van der Waals surface area (Å²) in [5, 5.41) is 3.80. The number of nitrogens with one attached hydrogen (secondary N) is 1. The van der Waals surface area contributed by atoms with Gasteiger partial charge in [-0.3, -0.25) is 0 Å². The van der Waals surface area contributed by atoms with Crippen molar-refractivity contribution in [1.29, 1.82) is 0 Å². The first-order valence-corrected chi connectivity index (χ1v) is 8.15. The van der Waals surface area contributed by atoms with Crippen LogP contribution in [-0.2, 0) is 4.74 Å². The average molecular weight is 255 g/mol. The molecular weight excluding hydrogens is 222 g/mol. The summed E-state index contributed by atoms with van der Waals surface area (Å²) in [6, 6.07) is 0.754. The highest BCUT2D eigenvalue weighted by atomic mass is 16.5. The van der Waals surface area contributed by atoms with Crippen molar-refractivity contribution in [1.82, 2.24) is 5.32 Å². The molecule has 0 aliphatic heterocycles. The Bertz CT molecular complexity index is 182. The first-order valence-electron chi connectivity index (χ1n) is 8.15. The van der Waals surface area contributed by atoms with E-state index in [4.69, 9.17) is 4.74 Å². The fraction of sp³-hybridized carbons (Fsp3) is 1.00. The molecule has 1 aliphatic carbocycles. The summed E-state index contributed by atoms with van der Waals surface area (Å²) >= 11 is 0. The van der Waals surface area contributed by atoms with Gasteiger partial charge in [-0.25, -0.2) is 0 Å². The van der Waals surface area contributed by atoms with Gasteiger partial charge in [0, 0.05) is 12.6 Å². The molecule has 0 aromatic heterocycles. The van der Waals surface area contributed by atoms with Crippen LogP contribution in [0.1, 0.15) is 72.1 Å². The second kappa shape index (κ2) is 9.80. The Morgan fingerprint density at radius 1 is 1.00 bits per heavy atom. The molecular formula is C16H33NO. The third kappa shape index (κ3) is 6.19. The molecule has 0 amide bonds. The van der Waals surface area contributed by atoms with Crippen LogP contribution in [0.25, 0.3) is 0 Å². The summed E-state index contributed by atoms with van der Waals surface area (Å²) in [6.07, 6.45) is 11.1. The maximum Gasteiger partial charge on any atom is 0.0575 e. The second-order valence-electron chi connectivity index (χ2n) is 5.78. The molecule has 18 heavy (non-hydrogen) atoms. The third-order valence-electron chi connectivity index (χ3n) is 4.17.